The molecule has 1 saturated carbocycles. The predicted molar refractivity (Wildman–Crippen MR) is 83.1 cm³/mol. The second-order valence-corrected chi connectivity index (χ2v) is 6.01. The molecule has 4 rings (SSSR count). The third-order valence-electron chi connectivity index (χ3n) is 4.66. The number of amides is 1. The Labute approximate surface area is 134 Å². The fraction of sp³-hybridized carbons (Fsp3) is 0.533. The van der Waals surface area contributed by atoms with E-state index < -0.39 is 0 Å². The first kappa shape index (κ1) is 14.1. The van der Waals surface area contributed by atoms with Gasteiger partial charge in [0, 0.05) is 38.2 Å². The van der Waals surface area contributed by atoms with E-state index in [2.05, 4.69) is 25.0 Å². The van der Waals surface area contributed by atoms with Gasteiger partial charge in [-0.15, -0.1) is 0 Å². The average Bonchev–Trinajstić information content (AvgIpc) is 3.08. The second-order valence-electron chi connectivity index (χ2n) is 6.01. The van der Waals surface area contributed by atoms with Gasteiger partial charge in [0.05, 0.1) is 0 Å². The molecule has 0 aromatic carbocycles. The molecule has 23 heavy (non-hydrogen) atoms. The van der Waals surface area contributed by atoms with Gasteiger partial charge in [-0.1, -0.05) is 6.42 Å². The van der Waals surface area contributed by atoms with E-state index in [1.807, 2.05) is 11.0 Å². The lowest BCUT2D eigenvalue weighted by molar-refractivity contribution is -0.138. The molecule has 1 saturated heterocycles. The van der Waals surface area contributed by atoms with Crippen molar-refractivity contribution in [2.24, 2.45) is 5.92 Å². The van der Waals surface area contributed by atoms with Crippen molar-refractivity contribution in [1.29, 1.82) is 0 Å². The van der Waals surface area contributed by atoms with Crippen LogP contribution >= 0.6 is 0 Å². The minimum Gasteiger partial charge on any atom is -0.353 e. The molecule has 0 spiro atoms. The number of carbonyl (C=O) groups is 1. The van der Waals surface area contributed by atoms with Gasteiger partial charge in [-0.05, 0) is 12.8 Å². The lowest BCUT2D eigenvalue weighted by Crippen LogP contribution is -2.51. The molecule has 0 unspecified atom stereocenters. The van der Waals surface area contributed by atoms with Crippen LogP contribution in [0.1, 0.15) is 19.3 Å². The summed E-state index contributed by atoms with van der Waals surface area (Å²) in [6.07, 6.45) is 7.95. The molecular formula is C15H19N7O. The monoisotopic (exact) mass is 313 g/mol. The van der Waals surface area contributed by atoms with Crippen molar-refractivity contribution >= 4 is 11.7 Å². The summed E-state index contributed by atoms with van der Waals surface area (Å²) in [7, 11) is 0. The van der Waals surface area contributed by atoms with Crippen LogP contribution in [0.3, 0.4) is 0 Å². The fourth-order valence-electron chi connectivity index (χ4n) is 3.03. The van der Waals surface area contributed by atoms with Crippen LogP contribution in [0, 0.1) is 5.92 Å². The van der Waals surface area contributed by atoms with E-state index in [-0.39, 0.29) is 5.92 Å². The number of rotatable bonds is 3. The third kappa shape index (κ3) is 2.76. The maximum absolute atomic E-state index is 12.3. The van der Waals surface area contributed by atoms with E-state index in [1.165, 1.54) is 19.1 Å². The van der Waals surface area contributed by atoms with E-state index in [1.54, 1.807) is 11.0 Å². The Hall–Kier alpha value is -2.51. The molecule has 0 N–H and O–H groups in total. The van der Waals surface area contributed by atoms with Crippen molar-refractivity contribution in [2.45, 2.75) is 19.3 Å². The molecule has 1 amide bonds. The predicted octanol–water partition coefficient (Wildman–Crippen LogP) is 0.506. The quantitative estimate of drug-likeness (QED) is 0.821. The van der Waals surface area contributed by atoms with E-state index in [0.717, 1.165) is 44.8 Å². The highest BCUT2D eigenvalue weighted by Gasteiger charge is 2.31. The van der Waals surface area contributed by atoms with Gasteiger partial charge >= 0.3 is 0 Å². The van der Waals surface area contributed by atoms with Crippen LogP contribution < -0.4 is 4.90 Å². The normalized spacial score (nSPS) is 18.8. The Balaban J connectivity index is 1.42. The summed E-state index contributed by atoms with van der Waals surface area (Å²) < 4.78 is 1.61. The molecule has 2 fully saturated rings. The number of hydrogen-bond acceptors (Lipinski definition) is 6. The van der Waals surface area contributed by atoms with Gasteiger partial charge in [-0.3, -0.25) is 4.79 Å². The lowest BCUT2D eigenvalue weighted by atomic mass is 9.84. The minimum absolute atomic E-state index is 0.277. The molecule has 1 aliphatic carbocycles. The highest BCUT2D eigenvalue weighted by Crippen LogP contribution is 2.28. The van der Waals surface area contributed by atoms with Gasteiger partial charge in [-0.25, -0.2) is 19.6 Å². The Morgan fingerprint density at radius 3 is 2.48 bits per heavy atom. The Morgan fingerprint density at radius 1 is 1.04 bits per heavy atom. The first-order valence-corrected chi connectivity index (χ1v) is 8.02. The molecule has 0 bridgehead atoms. The zero-order chi connectivity index (χ0) is 15.6. The molecule has 2 aromatic rings. The van der Waals surface area contributed by atoms with Crippen LogP contribution in [-0.2, 0) is 4.79 Å². The zero-order valence-corrected chi connectivity index (χ0v) is 12.9. The molecule has 3 heterocycles. The maximum atomic E-state index is 12.3. The highest BCUT2D eigenvalue weighted by atomic mass is 16.2. The number of anilines is 1. The van der Waals surface area contributed by atoms with E-state index in [9.17, 15) is 4.79 Å². The molecule has 2 aromatic heterocycles. The summed E-state index contributed by atoms with van der Waals surface area (Å²) in [5, 5.41) is 4.09. The Kier molecular flexibility index (Phi) is 3.64. The molecule has 2 aliphatic rings. The summed E-state index contributed by atoms with van der Waals surface area (Å²) >= 11 is 0. The van der Waals surface area contributed by atoms with Gasteiger partial charge in [-0.2, -0.15) is 5.10 Å². The molecule has 1 aliphatic heterocycles. The number of aromatic nitrogens is 5. The van der Waals surface area contributed by atoms with Gasteiger partial charge in [0.15, 0.2) is 5.82 Å². The first-order chi connectivity index (χ1) is 11.3. The zero-order valence-electron chi connectivity index (χ0n) is 12.9. The summed E-state index contributed by atoms with van der Waals surface area (Å²) in [6.45, 7) is 3.12. The van der Waals surface area contributed by atoms with Crippen LogP contribution in [0.2, 0.25) is 0 Å². The fourth-order valence-corrected chi connectivity index (χ4v) is 3.03. The van der Waals surface area contributed by atoms with E-state index in [4.69, 9.17) is 0 Å². The van der Waals surface area contributed by atoms with Gasteiger partial charge in [0.1, 0.15) is 24.8 Å². The lowest BCUT2D eigenvalue weighted by Gasteiger charge is -2.38. The van der Waals surface area contributed by atoms with E-state index in [0.29, 0.717) is 11.7 Å². The third-order valence-corrected chi connectivity index (χ3v) is 4.66. The van der Waals surface area contributed by atoms with Crippen LogP contribution in [0.15, 0.2) is 25.0 Å². The minimum atomic E-state index is 0.277. The second kappa shape index (κ2) is 5.94. The number of piperazine rings is 1. The van der Waals surface area contributed by atoms with Gasteiger partial charge < -0.3 is 9.80 Å². The standard InChI is InChI=1S/C15H19N7O/c23-15(12-2-1-3-12)21-6-4-20(5-7-21)13-8-14(18-10-17-13)22-11-16-9-19-22/h8-12H,1-7H2. The molecular weight excluding hydrogens is 294 g/mol. The topological polar surface area (TPSA) is 80.0 Å². The van der Waals surface area contributed by atoms with Crippen molar-refractivity contribution in [3.63, 3.8) is 0 Å². The van der Waals surface area contributed by atoms with Crippen molar-refractivity contribution in [2.75, 3.05) is 31.1 Å². The Morgan fingerprint density at radius 2 is 1.83 bits per heavy atom. The Bertz CT molecular complexity index is 675. The van der Waals surface area contributed by atoms with Crippen LogP contribution in [-0.4, -0.2) is 61.7 Å². The summed E-state index contributed by atoms with van der Waals surface area (Å²) in [5.41, 5.74) is 0. The number of nitrogens with zero attached hydrogens (tertiary/aromatic N) is 7. The molecule has 8 heteroatoms. The molecule has 0 radical (unpaired) electrons. The first-order valence-electron chi connectivity index (χ1n) is 8.02. The molecule has 0 atom stereocenters. The highest BCUT2D eigenvalue weighted by molar-refractivity contribution is 5.79. The van der Waals surface area contributed by atoms with Crippen LogP contribution in [0.5, 0.6) is 0 Å². The SMILES string of the molecule is O=C(C1CCC1)N1CCN(c2cc(-n3cncn3)ncn2)CC1. The van der Waals surface area contributed by atoms with Crippen LogP contribution in [0.4, 0.5) is 5.82 Å². The van der Waals surface area contributed by atoms with E-state index >= 15 is 0 Å². The average molecular weight is 313 g/mol. The van der Waals surface area contributed by atoms with Gasteiger partial charge in [0.2, 0.25) is 5.91 Å². The van der Waals surface area contributed by atoms with Crippen molar-refractivity contribution in [3.05, 3.63) is 25.0 Å². The molecule has 120 valence electrons. The summed E-state index contributed by atoms with van der Waals surface area (Å²) in [4.78, 5) is 29.0. The summed E-state index contributed by atoms with van der Waals surface area (Å²) in [6, 6.07) is 1.90. The molecule has 8 nitrogen and oxygen atoms in total. The summed E-state index contributed by atoms with van der Waals surface area (Å²) in [5.74, 6) is 2.17. The van der Waals surface area contributed by atoms with Gasteiger partial charge in [0.25, 0.3) is 0 Å². The smallest absolute Gasteiger partial charge is 0.225 e. The van der Waals surface area contributed by atoms with Crippen molar-refractivity contribution in [3.8, 4) is 5.82 Å². The maximum Gasteiger partial charge on any atom is 0.225 e. The number of carbonyl (C=O) groups excluding carboxylic acids is 1. The van der Waals surface area contributed by atoms with Crippen molar-refractivity contribution < 1.29 is 4.79 Å². The number of hydrogen-bond donors (Lipinski definition) is 0. The van der Waals surface area contributed by atoms with Crippen molar-refractivity contribution in [1.82, 2.24) is 29.6 Å². The largest absolute Gasteiger partial charge is 0.353 e. The van der Waals surface area contributed by atoms with Crippen LogP contribution in [0.25, 0.3) is 5.82 Å².